The third kappa shape index (κ3) is 2.86. The van der Waals surface area contributed by atoms with Gasteiger partial charge in [-0.1, -0.05) is 36.4 Å². The lowest BCUT2D eigenvalue weighted by atomic mass is 10.1. The Morgan fingerprint density at radius 3 is 2.64 bits per heavy atom. The van der Waals surface area contributed by atoms with E-state index in [1.54, 1.807) is 48.6 Å². The van der Waals surface area contributed by atoms with Gasteiger partial charge in [-0.3, -0.25) is 0 Å². The normalized spacial score (nSPS) is 11.1. The summed E-state index contributed by atoms with van der Waals surface area (Å²) in [6, 6.07) is 14.7. The maximum absolute atomic E-state index is 13.1. The zero-order valence-electron chi connectivity index (χ0n) is 11.5. The number of halogens is 1. The van der Waals surface area contributed by atoms with Gasteiger partial charge in [-0.15, -0.1) is 0 Å². The first-order chi connectivity index (χ1) is 10.6. The molecule has 22 heavy (non-hydrogen) atoms. The number of carboxylic acid groups (broad SMARTS) is 1. The number of benzene rings is 2. The van der Waals surface area contributed by atoms with Crippen molar-refractivity contribution in [2.75, 3.05) is 0 Å². The molecule has 0 spiro atoms. The summed E-state index contributed by atoms with van der Waals surface area (Å²) < 4.78 is 13.1. The van der Waals surface area contributed by atoms with Gasteiger partial charge in [0.25, 0.3) is 0 Å². The van der Waals surface area contributed by atoms with Gasteiger partial charge >= 0.3 is 5.97 Å². The topological polar surface area (TPSA) is 50.2 Å². The number of carbonyl (C=O) groups is 1. The fourth-order valence-electron chi connectivity index (χ4n) is 2.25. The lowest BCUT2D eigenvalue weighted by Crippen LogP contribution is -2.00. The second-order valence-electron chi connectivity index (χ2n) is 4.81. The number of carboxylic acids is 1. The fourth-order valence-corrected chi connectivity index (χ4v) is 2.25. The Labute approximate surface area is 126 Å². The number of para-hydroxylation sites is 1. The van der Waals surface area contributed by atoms with Gasteiger partial charge in [-0.05, 0) is 35.9 Å². The van der Waals surface area contributed by atoms with E-state index in [-0.39, 0.29) is 11.4 Å². The van der Waals surface area contributed by atoms with Crippen LogP contribution in [0.3, 0.4) is 0 Å². The lowest BCUT2D eigenvalue weighted by Gasteiger charge is -2.04. The predicted molar refractivity (Wildman–Crippen MR) is 84.0 cm³/mol. The molecule has 2 aromatic carbocycles. The first-order valence-corrected chi connectivity index (χ1v) is 6.70. The van der Waals surface area contributed by atoms with Crippen LogP contribution >= 0.6 is 0 Å². The average Bonchev–Trinajstić information content (AvgIpc) is 2.52. The first kappa shape index (κ1) is 13.9. The predicted octanol–water partition coefficient (Wildman–Crippen LogP) is 4.24. The second kappa shape index (κ2) is 5.77. The standard InChI is InChI=1S/C18H12FNO2/c19-13-5-3-4-12(10-13)8-9-14-11-16(18(21)22)15-6-1-2-7-17(15)20-14/h1-11H,(H,21,22)/b9-8+. The van der Waals surface area contributed by atoms with Gasteiger partial charge in [0, 0.05) is 5.39 Å². The molecule has 1 aromatic heterocycles. The quantitative estimate of drug-likeness (QED) is 0.785. The molecule has 4 heteroatoms. The monoisotopic (exact) mass is 293 g/mol. The van der Waals surface area contributed by atoms with Crippen molar-refractivity contribution in [3.05, 3.63) is 77.2 Å². The molecule has 1 heterocycles. The van der Waals surface area contributed by atoms with Crippen molar-refractivity contribution in [3.63, 3.8) is 0 Å². The maximum atomic E-state index is 13.1. The van der Waals surface area contributed by atoms with Crippen molar-refractivity contribution < 1.29 is 14.3 Å². The number of hydrogen-bond acceptors (Lipinski definition) is 2. The molecule has 1 N–H and O–H groups in total. The molecule has 0 unspecified atom stereocenters. The van der Waals surface area contributed by atoms with Crippen LogP contribution in [-0.2, 0) is 0 Å². The summed E-state index contributed by atoms with van der Waals surface area (Å²) in [6.45, 7) is 0. The van der Waals surface area contributed by atoms with Gasteiger partial charge in [-0.2, -0.15) is 0 Å². The van der Waals surface area contributed by atoms with Crippen molar-refractivity contribution in [2.24, 2.45) is 0 Å². The van der Waals surface area contributed by atoms with Crippen LogP contribution in [0.5, 0.6) is 0 Å². The van der Waals surface area contributed by atoms with E-state index in [1.807, 2.05) is 0 Å². The van der Waals surface area contributed by atoms with E-state index in [4.69, 9.17) is 0 Å². The van der Waals surface area contributed by atoms with Gasteiger partial charge in [-0.25, -0.2) is 14.2 Å². The van der Waals surface area contributed by atoms with Crippen molar-refractivity contribution in [1.82, 2.24) is 4.98 Å². The molecule has 0 atom stereocenters. The van der Waals surface area contributed by atoms with Crippen LogP contribution in [0.25, 0.3) is 23.1 Å². The minimum atomic E-state index is -1.00. The third-order valence-corrected chi connectivity index (χ3v) is 3.26. The summed E-state index contributed by atoms with van der Waals surface area (Å²) in [5.74, 6) is -1.32. The Kier molecular flexibility index (Phi) is 3.66. The fraction of sp³-hybridized carbons (Fsp3) is 0. The van der Waals surface area contributed by atoms with Crippen LogP contribution in [0.4, 0.5) is 4.39 Å². The van der Waals surface area contributed by atoms with E-state index in [9.17, 15) is 14.3 Å². The highest BCUT2D eigenvalue weighted by Crippen LogP contribution is 2.19. The third-order valence-electron chi connectivity index (χ3n) is 3.26. The minimum absolute atomic E-state index is 0.199. The average molecular weight is 293 g/mol. The Balaban J connectivity index is 2.06. The molecular formula is C18H12FNO2. The highest BCUT2D eigenvalue weighted by Gasteiger charge is 2.10. The lowest BCUT2D eigenvalue weighted by molar-refractivity contribution is 0.0699. The SMILES string of the molecule is O=C(O)c1cc(/C=C/c2cccc(F)c2)nc2ccccc12. The van der Waals surface area contributed by atoms with E-state index >= 15 is 0 Å². The summed E-state index contributed by atoms with van der Waals surface area (Å²) in [5.41, 5.74) is 2.01. The summed E-state index contributed by atoms with van der Waals surface area (Å²) in [5, 5.41) is 9.92. The highest BCUT2D eigenvalue weighted by molar-refractivity contribution is 6.03. The molecule has 0 aliphatic rings. The van der Waals surface area contributed by atoms with Crippen LogP contribution in [0, 0.1) is 5.82 Å². The number of hydrogen-bond donors (Lipinski definition) is 1. The molecule has 0 amide bonds. The maximum Gasteiger partial charge on any atom is 0.336 e. The van der Waals surface area contributed by atoms with Crippen LogP contribution in [0.2, 0.25) is 0 Å². The van der Waals surface area contributed by atoms with Gasteiger partial charge in [0.05, 0.1) is 16.8 Å². The molecule has 0 aliphatic carbocycles. The van der Waals surface area contributed by atoms with Crippen molar-refractivity contribution in [2.45, 2.75) is 0 Å². The molecule has 0 aliphatic heterocycles. The Morgan fingerprint density at radius 2 is 1.86 bits per heavy atom. The number of pyridine rings is 1. The van der Waals surface area contributed by atoms with Gasteiger partial charge in [0.1, 0.15) is 5.82 Å². The largest absolute Gasteiger partial charge is 0.478 e. The molecule has 0 saturated heterocycles. The Hall–Kier alpha value is -3.01. The Morgan fingerprint density at radius 1 is 1.05 bits per heavy atom. The van der Waals surface area contributed by atoms with E-state index in [0.717, 1.165) is 0 Å². The molecule has 0 radical (unpaired) electrons. The van der Waals surface area contributed by atoms with Crippen LogP contribution in [-0.4, -0.2) is 16.1 Å². The van der Waals surface area contributed by atoms with E-state index in [2.05, 4.69) is 4.98 Å². The molecule has 3 aromatic rings. The summed E-state index contributed by atoms with van der Waals surface area (Å²) in [7, 11) is 0. The van der Waals surface area contributed by atoms with Gasteiger partial charge in [0.15, 0.2) is 0 Å². The van der Waals surface area contributed by atoms with Crippen LogP contribution in [0.15, 0.2) is 54.6 Å². The van der Waals surface area contributed by atoms with E-state index < -0.39 is 5.97 Å². The smallest absolute Gasteiger partial charge is 0.336 e. The molecule has 108 valence electrons. The van der Waals surface area contributed by atoms with Crippen LogP contribution < -0.4 is 0 Å². The Bertz CT molecular complexity index is 887. The number of aromatic carboxylic acids is 1. The zero-order valence-corrected chi connectivity index (χ0v) is 11.5. The molecule has 0 fully saturated rings. The molecule has 3 nitrogen and oxygen atoms in total. The van der Waals surface area contributed by atoms with Crippen LogP contribution in [0.1, 0.15) is 21.6 Å². The summed E-state index contributed by atoms with van der Waals surface area (Å²) >= 11 is 0. The molecule has 0 saturated carbocycles. The molecule has 0 bridgehead atoms. The van der Waals surface area contributed by atoms with E-state index in [0.29, 0.717) is 22.2 Å². The number of aromatic nitrogens is 1. The highest BCUT2D eigenvalue weighted by atomic mass is 19.1. The second-order valence-corrected chi connectivity index (χ2v) is 4.81. The summed E-state index contributed by atoms with van der Waals surface area (Å²) in [6.07, 6.45) is 3.37. The number of fused-ring (bicyclic) bond motifs is 1. The summed E-state index contributed by atoms with van der Waals surface area (Å²) in [4.78, 5) is 15.8. The minimum Gasteiger partial charge on any atom is -0.478 e. The molecular weight excluding hydrogens is 281 g/mol. The van der Waals surface area contributed by atoms with Gasteiger partial charge < -0.3 is 5.11 Å². The number of rotatable bonds is 3. The van der Waals surface area contributed by atoms with E-state index in [1.165, 1.54) is 18.2 Å². The first-order valence-electron chi connectivity index (χ1n) is 6.70. The van der Waals surface area contributed by atoms with Crippen molar-refractivity contribution in [3.8, 4) is 0 Å². The van der Waals surface area contributed by atoms with Gasteiger partial charge in [0.2, 0.25) is 0 Å². The number of nitrogens with zero attached hydrogens (tertiary/aromatic N) is 1. The molecule has 3 rings (SSSR count). The van der Waals surface area contributed by atoms with Crippen molar-refractivity contribution in [1.29, 1.82) is 0 Å². The zero-order chi connectivity index (χ0) is 15.5. The van der Waals surface area contributed by atoms with Crippen molar-refractivity contribution >= 4 is 29.0 Å².